The molecule has 1 amide bonds. The molecule has 3 aromatic rings. The molecular weight excluding hydrogens is 397 g/mol. The normalized spacial score (nSPS) is 12.2. The zero-order valence-corrected chi connectivity index (χ0v) is 16.7. The number of aromatic hydroxyl groups is 1. The van der Waals surface area contributed by atoms with E-state index in [1.54, 1.807) is 0 Å². The van der Waals surface area contributed by atoms with Crippen LogP contribution in [0.2, 0.25) is 0 Å². The second-order valence-electron chi connectivity index (χ2n) is 7.18. The van der Waals surface area contributed by atoms with Gasteiger partial charge in [0.1, 0.15) is 0 Å². The largest absolute Gasteiger partial charge is 0.505 e. The summed E-state index contributed by atoms with van der Waals surface area (Å²) in [6.07, 6.45) is 0.487. The quantitative estimate of drug-likeness (QED) is 0.652. The van der Waals surface area contributed by atoms with E-state index < -0.39 is 29.1 Å². The molecule has 0 radical (unpaired) electrons. The summed E-state index contributed by atoms with van der Waals surface area (Å²) in [6, 6.07) is 5.06. The molecule has 3 rings (SSSR count). The fourth-order valence-corrected chi connectivity index (χ4v) is 3.35. The van der Waals surface area contributed by atoms with E-state index in [0.717, 1.165) is 28.8 Å². The van der Waals surface area contributed by atoms with E-state index in [9.17, 15) is 27.9 Å². The first-order valence-electron chi connectivity index (χ1n) is 9.46. The maximum absolute atomic E-state index is 14.8. The standard InChI is InChI=1S/C22H21F3N2O3/c1-4-11(2)26-19(29)10-14-12(3)27(17-7-8-18(28)21(25)20(14)17)22(30)13-5-6-15(23)16(24)9-13/h5-9,11,28H,4,10H2,1-3H3,(H,26,29)/t11-/m0/s1. The molecular formula is C22H21F3N2O3. The van der Waals surface area contributed by atoms with Gasteiger partial charge in [0.05, 0.1) is 11.9 Å². The summed E-state index contributed by atoms with van der Waals surface area (Å²) in [6.45, 7) is 5.26. The van der Waals surface area contributed by atoms with Gasteiger partial charge >= 0.3 is 0 Å². The number of carbonyl (C=O) groups is 2. The van der Waals surface area contributed by atoms with Crippen molar-refractivity contribution in [2.45, 2.75) is 39.7 Å². The number of benzene rings is 2. The molecule has 0 bridgehead atoms. The number of fused-ring (bicyclic) bond motifs is 1. The number of nitrogens with zero attached hydrogens (tertiary/aromatic N) is 1. The number of rotatable bonds is 5. The molecule has 0 spiro atoms. The lowest BCUT2D eigenvalue weighted by Crippen LogP contribution is -2.33. The van der Waals surface area contributed by atoms with Crippen molar-refractivity contribution in [3.8, 4) is 5.75 Å². The third kappa shape index (κ3) is 3.77. The van der Waals surface area contributed by atoms with Gasteiger partial charge in [0.2, 0.25) is 5.91 Å². The lowest BCUT2D eigenvalue weighted by molar-refractivity contribution is -0.121. The summed E-state index contributed by atoms with van der Waals surface area (Å²) in [5.74, 6) is -4.95. The van der Waals surface area contributed by atoms with Crippen LogP contribution in [0.15, 0.2) is 30.3 Å². The Morgan fingerprint density at radius 2 is 1.83 bits per heavy atom. The number of carbonyl (C=O) groups excluding carboxylic acids is 2. The number of phenolic OH excluding ortho intramolecular Hbond substituents is 1. The summed E-state index contributed by atoms with van der Waals surface area (Å²) in [5.41, 5.74) is 0.473. The van der Waals surface area contributed by atoms with Gasteiger partial charge in [0.15, 0.2) is 23.2 Å². The lowest BCUT2D eigenvalue weighted by Gasteiger charge is -2.12. The first-order valence-corrected chi connectivity index (χ1v) is 9.46. The second-order valence-corrected chi connectivity index (χ2v) is 7.18. The highest BCUT2D eigenvalue weighted by molar-refractivity contribution is 6.05. The Kier molecular flexibility index (Phi) is 5.87. The first kappa shape index (κ1) is 21.4. The smallest absolute Gasteiger partial charge is 0.262 e. The van der Waals surface area contributed by atoms with Crippen LogP contribution in [-0.2, 0) is 11.2 Å². The number of hydrogen-bond donors (Lipinski definition) is 2. The fraction of sp³-hybridized carbons (Fsp3) is 0.273. The minimum atomic E-state index is -1.19. The third-order valence-corrected chi connectivity index (χ3v) is 5.14. The number of halogens is 3. The SMILES string of the molecule is CC[C@H](C)NC(=O)Cc1c(C)n(C(=O)c2ccc(F)c(F)c2)c2ccc(O)c(F)c12. The van der Waals surface area contributed by atoms with Crippen LogP contribution in [0.25, 0.3) is 10.9 Å². The van der Waals surface area contributed by atoms with Crippen LogP contribution in [-0.4, -0.2) is 27.5 Å². The molecule has 2 aromatic carbocycles. The Hall–Kier alpha value is -3.29. The minimum absolute atomic E-state index is 0.0669. The highest BCUT2D eigenvalue weighted by Crippen LogP contribution is 2.33. The summed E-state index contributed by atoms with van der Waals surface area (Å²) in [5, 5.41) is 12.5. The molecule has 158 valence electrons. The molecule has 1 aromatic heterocycles. The third-order valence-electron chi connectivity index (χ3n) is 5.14. The molecule has 1 atom stereocenters. The van der Waals surface area contributed by atoms with E-state index in [1.165, 1.54) is 13.0 Å². The van der Waals surface area contributed by atoms with E-state index in [2.05, 4.69) is 5.32 Å². The van der Waals surface area contributed by atoms with Crippen LogP contribution in [0.4, 0.5) is 13.2 Å². The summed E-state index contributed by atoms with van der Waals surface area (Å²) < 4.78 is 42.8. The van der Waals surface area contributed by atoms with E-state index in [1.807, 2.05) is 13.8 Å². The number of amides is 1. The van der Waals surface area contributed by atoms with Crippen LogP contribution in [0.1, 0.15) is 41.9 Å². The maximum Gasteiger partial charge on any atom is 0.262 e. The highest BCUT2D eigenvalue weighted by Gasteiger charge is 2.25. The van der Waals surface area contributed by atoms with Crippen molar-refractivity contribution in [1.82, 2.24) is 9.88 Å². The lowest BCUT2D eigenvalue weighted by atomic mass is 10.1. The molecule has 0 aliphatic rings. The maximum atomic E-state index is 14.8. The topological polar surface area (TPSA) is 71.3 Å². The van der Waals surface area contributed by atoms with Gasteiger partial charge in [-0.15, -0.1) is 0 Å². The zero-order valence-electron chi connectivity index (χ0n) is 16.7. The number of hydrogen-bond acceptors (Lipinski definition) is 3. The molecule has 0 aliphatic carbocycles. The Labute approximate surface area is 171 Å². The van der Waals surface area contributed by atoms with E-state index >= 15 is 0 Å². The Bertz CT molecular complexity index is 1150. The number of phenols is 1. The van der Waals surface area contributed by atoms with Crippen molar-refractivity contribution >= 4 is 22.7 Å². The van der Waals surface area contributed by atoms with Crippen molar-refractivity contribution in [3.05, 3.63) is 64.6 Å². The summed E-state index contributed by atoms with van der Waals surface area (Å²) >= 11 is 0. The van der Waals surface area contributed by atoms with E-state index in [4.69, 9.17) is 0 Å². The molecule has 5 nitrogen and oxygen atoms in total. The van der Waals surface area contributed by atoms with Gasteiger partial charge in [-0.05, 0) is 56.2 Å². The number of nitrogens with one attached hydrogen (secondary N) is 1. The molecule has 0 saturated heterocycles. The zero-order chi connectivity index (χ0) is 22.2. The van der Waals surface area contributed by atoms with Crippen LogP contribution < -0.4 is 5.32 Å². The van der Waals surface area contributed by atoms with Gasteiger partial charge < -0.3 is 10.4 Å². The monoisotopic (exact) mass is 418 g/mol. The van der Waals surface area contributed by atoms with Crippen LogP contribution in [0.5, 0.6) is 5.75 Å². The molecule has 0 unspecified atom stereocenters. The molecule has 1 heterocycles. The summed E-state index contributed by atoms with van der Waals surface area (Å²) in [7, 11) is 0. The molecule has 0 fully saturated rings. The molecule has 2 N–H and O–H groups in total. The van der Waals surface area contributed by atoms with Crippen molar-refractivity contribution in [2.24, 2.45) is 0 Å². The molecule has 0 aliphatic heterocycles. The molecule has 30 heavy (non-hydrogen) atoms. The average Bonchev–Trinajstić information content (AvgIpc) is 2.98. The van der Waals surface area contributed by atoms with Gasteiger partial charge in [-0.25, -0.2) is 13.2 Å². The highest BCUT2D eigenvalue weighted by atomic mass is 19.2. The summed E-state index contributed by atoms with van der Waals surface area (Å²) in [4.78, 5) is 25.5. The fourth-order valence-electron chi connectivity index (χ4n) is 3.35. The first-order chi connectivity index (χ1) is 14.1. The van der Waals surface area contributed by atoms with Gasteiger partial charge in [0.25, 0.3) is 5.91 Å². The van der Waals surface area contributed by atoms with Gasteiger partial charge in [0, 0.05) is 22.7 Å². The molecule has 8 heteroatoms. The van der Waals surface area contributed by atoms with E-state index in [0.29, 0.717) is 6.42 Å². The van der Waals surface area contributed by atoms with E-state index in [-0.39, 0.29) is 46.1 Å². The second kappa shape index (κ2) is 8.22. The van der Waals surface area contributed by atoms with Crippen LogP contribution >= 0.6 is 0 Å². The Balaban J connectivity index is 2.17. The Morgan fingerprint density at radius 1 is 1.13 bits per heavy atom. The number of aromatic nitrogens is 1. The Morgan fingerprint density at radius 3 is 2.47 bits per heavy atom. The average molecular weight is 418 g/mol. The van der Waals surface area contributed by atoms with Gasteiger partial charge in [-0.2, -0.15) is 0 Å². The van der Waals surface area contributed by atoms with Gasteiger partial charge in [-0.1, -0.05) is 6.92 Å². The van der Waals surface area contributed by atoms with Crippen molar-refractivity contribution < 1.29 is 27.9 Å². The van der Waals surface area contributed by atoms with Gasteiger partial charge in [-0.3, -0.25) is 14.2 Å². The predicted molar refractivity (Wildman–Crippen MR) is 106 cm³/mol. The predicted octanol–water partition coefficient (Wildman–Crippen LogP) is 4.22. The van der Waals surface area contributed by atoms with Crippen LogP contribution in [0.3, 0.4) is 0 Å². The molecule has 0 saturated carbocycles. The van der Waals surface area contributed by atoms with Crippen molar-refractivity contribution in [3.63, 3.8) is 0 Å². The van der Waals surface area contributed by atoms with Crippen molar-refractivity contribution in [1.29, 1.82) is 0 Å². The minimum Gasteiger partial charge on any atom is -0.505 e. The van der Waals surface area contributed by atoms with Crippen molar-refractivity contribution in [2.75, 3.05) is 0 Å². The van der Waals surface area contributed by atoms with Crippen LogP contribution in [0, 0.1) is 24.4 Å².